The maximum Gasteiger partial charge on any atom is 0.302 e. The largest absolute Gasteiger partial charge is 0.462 e. The predicted octanol–water partition coefficient (Wildman–Crippen LogP) is 2.87. The van der Waals surface area contributed by atoms with E-state index in [2.05, 4.69) is 36.4 Å². The van der Waals surface area contributed by atoms with Crippen LogP contribution in [0, 0.1) is 0 Å². The number of halogens is 1. The molecule has 0 unspecified atom stereocenters. The molecule has 0 aromatic heterocycles. The van der Waals surface area contributed by atoms with Gasteiger partial charge in [0, 0.05) is 11.4 Å². The molecule has 1 heterocycles. The van der Waals surface area contributed by atoms with Gasteiger partial charge < -0.3 is 9.47 Å². The molecule has 1 fully saturated rings. The number of epoxide rings is 1. The Kier molecular flexibility index (Phi) is 5.24. The Labute approximate surface area is 111 Å². The van der Waals surface area contributed by atoms with Gasteiger partial charge in [-0.1, -0.05) is 28.2 Å². The number of ether oxygens (including phenoxy) is 2. The number of hydrogen-bond acceptors (Lipinski definition) is 3. The highest BCUT2D eigenvalue weighted by molar-refractivity contribution is 14.1. The summed E-state index contributed by atoms with van der Waals surface area (Å²) in [5.74, 6) is -0.230. The van der Waals surface area contributed by atoms with Crippen molar-refractivity contribution in [2.75, 3.05) is 11.0 Å². The van der Waals surface area contributed by atoms with Gasteiger partial charge in [0.05, 0.1) is 6.10 Å². The molecule has 16 heavy (non-hydrogen) atoms. The van der Waals surface area contributed by atoms with E-state index in [-0.39, 0.29) is 11.6 Å². The molecule has 0 aliphatic carbocycles. The molecule has 0 N–H and O–H groups in total. The van der Waals surface area contributed by atoms with E-state index in [0.29, 0.717) is 12.7 Å². The lowest BCUT2D eigenvalue weighted by Gasteiger charge is -2.02. The number of carbonyl (C=O) groups excluding carboxylic acids is 1. The molecule has 1 aliphatic rings. The van der Waals surface area contributed by atoms with E-state index in [9.17, 15) is 4.79 Å². The van der Waals surface area contributed by atoms with Crippen molar-refractivity contribution in [2.24, 2.45) is 0 Å². The van der Waals surface area contributed by atoms with Crippen LogP contribution in [-0.2, 0) is 14.3 Å². The minimum atomic E-state index is -0.230. The molecule has 1 aliphatic heterocycles. The topological polar surface area (TPSA) is 38.8 Å². The molecular weight excluding hydrogens is 319 g/mol. The molecule has 1 saturated heterocycles. The summed E-state index contributed by atoms with van der Waals surface area (Å²) in [6.07, 6.45) is 4.44. The third-order valence-corrected chi connectivity index (χ3v) is 4.33. The van der Waals surface area contributed by atoms with Gasteiger partial charge in [0.1, 0.15) is 12.2 Å². The summed E-state index contributed by atoms with van der Waals surface area (Å²) in [7, 11) is 0. The molecule has 1 rings (SSSR count). The average molecular weight is 338 g/mol. The van der Waals surface area contributed by atoms with Gasteiger partial charge in [0.2, 0.25) is 0 Å². The van der Waals surface area contributed by atoms with Crippen LogP contribution in [-0.4, -0.2) is 28.7 Å². The fourth-order valence-corrected chi connectivity index (χ4v) is 2.21. The van der Waals surface area contributed by atoms with Crippen LogP contribution in [0.1, 0.15) is 33.6 Å². The lowest BCUT2D eigenvalue weighted by molar-refractivity contribution is -0.139. The van der Waals surface area contributed by atoms with Crippen molar-refractivity contribution >= 4 is 28.6 Å². The Balaban J connectivity index is 2.16. The van der Waals surface area contributed by atoms with Crippen LogP contribution in [0.2, 0.25) is 0 Å². The summed E-state index contributed by atoms with van der Waals surface area (Å²) in [6.45, 7) is 6.03. The zero-order valence-corrected chi connectivity index (χ0v) is 12.2. The monoisotopic (exact) mass is 338 g/mol. The third-order valence-electron chi connectivity index (χ3n) is 2.82. The quantitative estimate of drug-likeness (QED) is 0.246. The lowest BCUT2D eigenvalue weighted by atomic mass is 10.0. The van der Waals surface area contributed by atoms with Crippen LogP contribution >= 0.6 is 22.6 Å². The zero-order chi connectivity index (χ0) is 12.2. The van der Waals surface area contributed by atoms with Crippen molar-refractivity contribution in [3.63, 3.8) is 0 Å². The summed E-state index contributed by atoms with van der Waals surface area (Å²) in [4.78, 5) is 10.6. The molecule has 92 valence electrons. The lowest BCUT2D eigenvalue weighted by Crippen LogP contribution is -2.11. The van der Waals surface area contributed by atoms with Crippen LogP contribution in [0.4, 0.5) is 0 Å². The minimum Gasteiger partial charge on any atom is -0.462 e. The summed E-state index contributed by atoms with van der Waals surface area (Å²) in [5.41, 5.74) is 1.36. The minimum absolute atomic E-state index is 0.108. The second-order valence-corrected chi connectivity index (χ2v) is 5.21. The van der Waals surface area contributed by atoms with Gasteiger partial charge in [-0.2, -0.15) is 0 Å². The van der Waals surface area contributed by atoms with Gasteiger partial charge in [-0.25, -0.2) is 0 Å². The van der Waals surface area contributed by atoms with Gasteiger partial charge in [0.25, 0.3) is 0 Å². The highest BCUT2D eigenvalue weighted by atomic mass is 127. The zero-order valence-electron chi connectivity index (χ0n) is 10.1. The Morgan fingerprint density at radius 1 is 1.56 bits per heavy atom. The van der Waals surface area contributed by atoms with Gasteiger partial charge >= 0.3 is 5.97 Å². The van der Waals surface area contributed by atoms with E-state index in [1.54, 1.807) is 0 Å². The van der Waals surface area contributed by atoms with Gasteiger partial charge in [-0.3, -0.25) is 4.79 Å². The second kappa shape index (κ2) is 6.00. The number of esters is 1. The van der Waals surface area contributed by atoms with E-state index in [0.717, 1.165) is 17.3 Å². The fraction of sp³-hybridized carbons (Fsp3) is 0.750. The van der Waals surface area contributed by atoms with E-state index in [4.69, 9.17) is 9.47 Å². The molecular formula is C12H19IO3. The Morgan fingerprint density at radius 3 is 2.75 bits per heavy atom. The number of hydrogen-bond donors (Lipinski definition) is 0. The first-order valence-electron chi connectivity index (χ1n) is 5.50. The van der Waals surface area contributed by atoms with Crippen LogP contribution in [0.15, 0.2) is 11.6 Å². The standard InChI is InChI=1S/C12H19IO3/c1-9(6-7-15-10(2)14)4-5-11-12(3,8-13)16-11/h6,11H,4-5,7-8H2,1-3H3/b9-6-/t11-,12-/m1/s1. The summed E-state index contributed by atoms with van der Waals surface area (Å²) < 4.78 is 11.5. The van der Waals surface area contributed by atoms with Crippen molar-refractivity contribution in [2.45, 2.75) is 45.3 Å². The van der Waals surface area contributed by atoms with Crippen LogP contribution in [0.5, 0.6) is 0 Å². The molecule has 0 amide bonds. The number of carbonyl (C=O) groups is 1. The normalized spacial score (nSPS) is 29.0. The van der Waals surface area contributed by atoms with Crippen LogP contribution in [0.25, 0.3) is 0 Å². The summed E-state index contributed by atoms with van der Waals surface area (Å²) in [6, 6.07) is 0. The first-order chi connectivity index (χ1) is 7.48. The molecule has 0 radical (unpaired) electrons. The molecule has 3 nitrogen and oxygen atoms in total. The van der Waals surface area contributed by atoms with Gasteiger partial charge in [-0.05, 0) is 32.8 Å². The Morgan fingerprint density at radius 2 is 2.25 bits per heavy atom. The highest BCUT2D eigenvalue weighted by Gasteiger charge is 2.50. The first-order valence-corrected chi connectivity index (χ1v) is 7.03. The number of allylic oxidation sites excluding steroid dienone is 1. The molecule has 2 atom stereocenters. The SMILES string of the molecule is CC(=O)OC/C=C(/C)CC[C@H]1O[C@]1(C)CI. The van der Waals surface area contributed by atoms with E-state index >= 15 is 0 Å². The van der Waals surface area contributed by atoms with E-state index < -0.39 is 0 Å². The van der Waals surface area contributed by atoms with Crippen molar-refractivity contribution in [1.82, 2.24) is 0 Å². The molecule has 0 spiro atoms. The fourth-order valence-electron chi connectivity index (χ4n) is 1.53. The summed E-state index contributed by atoms with van der Waals surface area (Å²) in [5, 5.41) is 0. The first kappa shape index (κ1) is 14.0. The van der Waals surface area contributed by atoms with Crippen LogP contribution < -0.4 is 0 Å². The van der Waals surface area contributed by atoms with Crippen molar-refractivity contribution < 1.29 is 14.3 Å². The number of alkyl halides is 1. The Bertz CT molecular complexity index is 288. The van der Waals surface area contributed by atoms with Crippen molar-refractivity contribution in [3.8, 4) is 0 Å². The Hall–Kier alpha value is -0.100. The summed E-state index contributed by atoms with van der Waals surface area (Å²) >= 11 is 2.36. The second-order valence-electron chi connectivity index (χ2n) is 4.44. The molecule has 0 bridgehead atoms. The van der Waals surface area contributed by atoms with Gasteiger partial charge in [0.15, 0.2) is 0 Å². The molecule has 0 saturated carbocycles. The highest BCUT2D eigenvalue weighted by Crippen LogP contribution is 2.41. The molecule has 0 aromatic carbocycles. The smallest absolute Gasteiger partial charge is 0.302 e. The predicted molar refractivity (Wildman–Crippen MR) is 71.8 cm³/mol. The maximum atomic E-state index is 10.6. The van der Waals surface area contributed by atoms with Crippen molar-refractivity contribution in [1.29, 1.82) is 0 Å². The van der Waals surface area contributed by atoms with E-state index in [1.807, 2.05) is 6.08 Å². The number of rotatable bonds is 6. The molecule has 4 heteroatoms. The third kappa shape index (κ3) is 4.41. The maximum absolute atomic E-state index is 10.6. The average Bonchev–Trinajstić information content (AvgIpc) is 2.87. The van der Waals surface area contributed by atoms with Crippen molar-refractivity contribution in [3.05, 3.63) is 11.6 Å². The van der Waals surface area contributed by atoms with Gasteiger partial charge in [-0.15, -0.1) is 0 Å². The van der Waals surface area contributed by atoms with Crippen LogP contribution in [0.3, 0.4) is 0 Å². The van der Waals surface area contributed by atoms with E-state index in [1.165, 1.54) is 12.5 Å². The molecule has 0 aromatic rings.